The third-order valence-corrected chi connectivity index (χ3v) is 7.56. The predicted octanol–water partition coefficient (Wildman–Crippen LogP) is -0.310. The van der Waals surface area contributed by atoms with Crippen molar-refractivity contribution in [2.75, 3.05) is 58.9 Å². The van der Waals surface area contributed by atoms with Crippen molar-refractivity contribution in [2.45, 2.75) is 38.1 Å². The molecule has 2 rings (SSSR count). The zero-order valence-corrected chi connectivity index (χ0v) is 27.4. The van der Waals surface area contributed by atoms with E-state index in [1.54, 1.807) is 24.3 Å². The number of aliphatic carboxylic acids is 4. The second-order valence-electron chi connectivity index (χ2n) is 11.9. The average Bonchev–Trinajstić information content (AvgIpc) is 3.30. The molecule has 0 spiro atoms. The van der Waals surface area contributed by atoms with Crippen LogP contribution in [0.2, 0.25) is 0 Å². The molecule has 0 aromatic heterocycles. The normalized spacial score (nSPS) is 13.3. The van der Waals surface area contributed by atoms with E-state index in [2.05, 4.69) is 6.58 Å². The van der Waals surface area contributed by atoms with Gasteiger partial charge in [0.2, 0.25) is 0 Å². The molecule has 5 N–H and O–H groups in total. The topological polar surface area (TPSA) is 251 Å². The molecule has 2 amide bonds. The first kappa shape index (κ1) is 40.9. The first-order chi connectivity index (χ1) is 23.5. The molecule has 1 aromatic carbocycles. The maximum absolute atomic E-state index is 12.6. The first-order valence-corrected chi connectivity index (χ1v) is 15.6. The maximum atomic E-state index is 12.6. The predicted molar refractivity (Wildman–Crippen MR) is 174 cm³/mol. The molecule has 1 heterocycles. The Labute approximate surface area is 287 Å². The Morgan fingerprint density at radius 3 is 1.66 bits per heavy atom. The lowest BCUT2D eigenvalue weighted by Gasteiger charge is -2.35. The number of ketones is 2. The van der Waals surface area contributed by atoms with Gasteiger partial charge in [0.05, 0.1) is 45.0 Å². The zero-order chi connectivity index (χ0) is 37.4. The molecule has 0 unspecified atom stereocenters. The number of nitrogens with zero attached hydrogens (tertiary/aromatic N) is 4. The van der Waals surface area contributed by atoms with E-state index in [9.17, 15) is 53.7 Å². The minimum Gasteiger partial charge on any atom is -0.512 e. The molecule has 1 atom stereocenters. The second-order valence-corrected chi connectivity index (χ2v) is 11.9. The molecule has 0 aliphatic carbocycles. The van der Waals surface area contributed by atoms with Crippen molar-refractivity contribution in [3.63, 3.8) is 0 Å². The van der Waals surface area contributed by atoms with Gasteiger partial charge in [-0.05, 0) is 24.0 Å². The Bertz CT molecular complexity index is 1420. The smallest absolute Gasteiger partial charge is 0.317 e. The van der Waals surface area contributed by atoms with Crippen LogP contribution in [-0.4, -0.2) is 157 Å². The molecule has 0 saturated heterocycles. The lowest BCUT2D eigenvalue weighted by Crippen LogP contribution is -2.50. The highest BCUT2D eigenvalue weighted by atomic mass is 16.4. The highest BCUT2D eigenvalue weighted by molar-refractivity contribution is 6.14. The van der Waals surface area contributed by atoms with Gasteiger partial charge in [-0.2, -0.15) is 0 Å². The largest absolute Gasteiger partial charge is 0.512 e. The molecular formula is C33H42N4O13. The molecule has 17 nitrogen and oxygen atoms in total. The van der Waals surface area contributed by atoms with E-state index in [0.29, 0.717) is 11.1 Å². The summed E-state index contributed by atoms with van der Waals surface area (Å²) in [6, 6.07) is 6.11. The molecule has 1 aromatic rings. The Hall–Kier alpha value is -5.26. The number of carbonyl (C=O) groups is 8. The van der Waals surface area contributed by atoms with Crippen LogP contribution >= 0.6 is 0 Å². The maximum Gasteiger partial charge on any atom is 0.317 e. The monoisotopic (exact) mass is 702 g/mol. The Kier molecular flexibility index (Phi) is 16.6. The van der Waals surface area contributed by atoms with Crippen LogP contribution in [0.15, 0.2) is 48.8 Å². The number of rotatable bonds is 26. The van der Waals surface area contributed by atoms with Crippen molar-refractivity contribution < 1.29 is 63.9 Å². The number of amides is 2. The fourth-order valence-electron chi connectivity index (χ4n) is 5.34. The Morgan fingerprint density at radius 1 is 0.660 bits per heavy atom. The van der Waals surface area contributed by atoms with Gasteiger partial charge in [-0.15, -0.1) is 0 Å². The van der Waals surface area contributed by atoms with Crippen molar-refractivity contribution in [2.24, 2.45) is 0 Å². The summed E-state index contributed by atoms with van der Waals surface area (Å²) in [5, 5.41) is 47.4. The third-order valence-electron chi connectivity index (χ3n) is 7.56. The molecule has 272 valence electrons. The fraction of sp³-hybridized carbons (Fsp3) is 0.455. The zero-order valence-electron chi connectivity index (χ0n) is 27.4. The summed E-state index contributed by atoms with van der Waals surface area (Å²) in [5.74, 6) is -6.93. The van der Waals surface area contributed by atoms with Crippen LogP contribution in [0.1, 0.15) is 30.4 Å². The highest BCUT2D eigenvalue weighted by Crippen LogP contribution is 2.16. The lowest BCUT2D eigenvalue weighted by atomic mass is 9.99. The number of aliphatic hydroxyl groups excluding tert-OH is 1. The van der Waals surface area contributed by atoms with Crippen LogP contribution in [0.5, 0.6) is 0 Å². The molecule has 0 bridgehead atoms. The molecule has 1 aliphatic rings. The van der Waals surface area contributed by atoms with E-state index in [1.807, 2.05) is 0 Å². The van der Waals surface area contributed by atoms with Crippen LogP contribution < -0.4 is 0 Å². The van der Waals surface area contributed by atoms with Crippen LogP contribution in [0, 0.1) is 0 Å². The van der Waals surface area contributed by atoms with Crippen molar-refractivity contribution in [3.05, 3.63) is 59.9 Å². The third kappa shape index (κ3) is 15.8. The van der Waals surface area contributed by atoms with Gasteiger partial charge in [0.15, 0.2) is 5.78 Å². The van der Waals surface area contributed by atoms with Crippen LogP contribution in [0.3, 0.4) is 0 Å². The van der Waals surface area contributed by atoms with Crippen molar-refractivity contribution in [3.8, 4) is 0 Å². The van der Waals surface area contributed by atoms with Crippen LogP contribution in [-0.2, 0) is 51.2 Å². The number of benzene rings is 1. The van der Waals surface area contributed by atoms with E-state index in [0.717, 1.165) is 22.0 Å². The number of carboxylic acid groups (broad SMARTS) is 4. The van der Waals surface area contributed by atoms with E-state index < -0.39 is 67.9 Å². The van der Waals surface area contributed by atoms with Gasteiger partial charge >= 0.3 is 23.9 Å². The number of hydrogen-bond acceptors (Lipinski definition) is 12. The average molecular weight is 703 g/mol. The van der Waals surface area contributed by atoms with Crippen molar-refractivity contribution >= 4 is 47.3 Å². The minimum atomic E-state index is -1.27. The van der Waals surface area contributed by atoms with Crippen molar-refractivity contribution in [1.29, 1.82) is 0 Å². The van der Waals surface area contributed by atoms with Gasteiger partial charge in [-0.1, -0.05) is 30.8 Å². The van der Waals surface area contributed by atoms with Gasteiger partial charge < -0.3 is 25.5 Å². The van der Waals surface area contributed by atoms with E-state index in [1.165, 1.54) is 9.80 Å². The molecule has 50 heavy (non-hydrogen) atoms. The van der Waals surface area contributed by atoms with Gasteiger partial charge in [-0.3, -0.25) is 58.0 Å². The SMILES string of the molecule is C=C(O)CN(CC(=O)O)[C@H](Cc1ccc(CC(=O)CCCC(=O)CN2C(=O)C=CC2=O)cc1)CN(CCN(CC(=O)O)CC(=O)O)CC(=O)O. The summed E-state index contributed by atoms with van der Waals surface area (Å²) in [4.78, 5) is 98.6. The van der Waals surface area contributed by atoms with Crippen LogP contribution in [0.4, 0.5) is 0 Å². The number of hydrogen-bond donors (Lipinski definition) is 5. The summed E-state index contributed by atoms with van der Waals surface area (Å²) in [6.07, 6.45) is 2.77. The fourth-order valence-corrected chi connectivity index (χ4v) is 5.34. The first-order valence-electron chi connectivity index (χ1n) is 15.6. The number of carbonyl (C=O) groups excluding carboxylic acids is 4. The van der Waals surface area contributed by atoms with Gasteiger partial charge in [0.1, 0.15) is 5.78 Å². The van der Waals surface area contributed by atoms with Gasteiger partial charge in [-0.25, -0.2) is 0 Å². The molecule has 0 fully saturated rings. The number of Topliss-reactive ketones (excluding diaryl/α,β-unsaturated/α-hetero) is 2. The van der Waals surface area contributed by atoms with Crippen LogP contribution in [0.25, 0.3) is 0 Å². The standard InChI is InChI=1S/C33H42N4O13/c1-22(38)15-36(21-33(49)50)25(16-34(18-30(43)44)11-12-35(19-31(45)46)20-32(47)48)13-23-5-7-24(8-6-23)14-26(39)3-2-4-27(40)17-37-28(41)9-10-29(37)42/h5-10,25,38H,1-4,11-21H2,(H,43,44)(H,45,46)(H,47,48)(H,49,50)/t25-/m1/s1. The van der Waals surface area contributed by atoms with E-state index >= 15 is 0 Å². The highest BCUT2D eigenvalue weighted by Gasteiger charge is 2.27. The van der Waals surface area contributed by atoms with Gasteiger partial charge in [0, 0.05) is 57.1 Å². The molecule has 1 aliphatic heterocycles. The van der Waals surface area contributed by atoms with Gasteiger partial charge in [0.25, 0.3) is 11.8 Å². The molecule has 0 radical (unpaired) electrons. The molecular weight excluding hydrogens is 660 g/mol. The summed E-state index contributed by atoms with van der Waals surface area (Å²) in [5.41, 5.74) is 1.35. The summed E-state index contributed by atoms with van der Waals surface area (Å²) in [6.45, 7) is 0.352. The summed E-state index contributed by atoms with van der Waals surface area (Å²) in [7, 11) is 0. The van der Waals surface area contributed by atoms with Crippen molar-refractivity contribution in [1.82, 2.24) is 19.6 Å². The molecule has 0 saturated carbocycles. The number of aliphatic hydroxyl groups is 1. The summed E-state index contributed by atoms with van der Waals surface area (Å²) >= 11 is 0. The molecule has 17 heteroatoms. The Balaban J connectivity index is 2.11. The number of imide groups is 1. The minimum absolute atomic E-state index is 0.0201. The number of carboxylic acids is 4. The lowest BCUT2D eigenvalue weighted by molar-refractivity contribution is -0.143. The quantitative estimate of drug-likeness (QED) is 0.0613. The van der Waals surface area contributed by atoms with E-state index in [-0.39, 0.29) is 82.2 Å². The second kappa shape index (κ2) is 20.3. The summed E-state index contributed by atoms with van der Waals surface area (Å²) < 4.78 is 0. The van der Waals surface area contributed by atoms with E-state index in [4.69, 9.17) is 10.2 Å². The Morgan fingerprint density at radius 2 is 1.14 bits per heavy atom.